The molecule has 2 nitrogen and oxygen atoms in total. The number of hydrogen-bond acceptors (Lipinski definition) is 2. The summed E-state index contributed by atoms with van der Waals surface area (Å²) < 4.78 is 6.64. The third-order valence-electron chi connectivity index (χ3n) is 3.19. The van der Waals surface area contributed by atoms with Gasteiger partial charge in [-0.1, -0.05) is 28.1 Å². The number of aliphatic imine (C=N–C) groups is 1. The number of halogens is 1. The summed E-state index contributed by atoms with van der Waals surface area (Å²) in [6.07, 6.45) is 1.86. The van der Waals surface area contributed by atoms with Crippen LogP contribution in [0.25, 0.3) is 0 Å². The highest BCUT2D eigenvalue weighted by Crippen LogP contribution is 2.24. The molecule has 0 heterocycles. The van der Waals surface area contributed by atoms with Crippen LogP contribution in [0.3, 0.4) is 0 Å². The van der Waals surface area contributed by atoms with Crippen molar-refractivity contribution in [3.05, 3.63) is 57.6 Å². The standard InChI is InChI=1S/C17H18BrNO/c1-4-20-17-9-8-15(18)10-14(17)11-19-16-7-5-6-12(2)13(16)3/h5-11H,4H2,1-3H3. The second kappa shape index (κ2) is 6.71. The van der Waals surface area contributed by atoms with E-state index in [0.29, 0.717) is 6.61 Å². The van der Waals surface area contributed by atoms with Crippen molar-refractivity contribution in [3.63, 3.8) is 0 Å². The molecule has 0 aliphatic heterocycles. The van der Waals surface area contributed by atoms with E-state index in [0.717, 1.165) is 21.5 Å². The van der Waals surface area contributed by atoms with E-state index in [4.69, 9.17) is 4.74 Å². The molecule has 0 fully saturated rings. The zero-order valence-corrected chi connectivity index (χ0v) is 13.6. The van der Waals surface area contributed by atoms with E-state index >= 15 is 0 Å². The summed E-state index contributed by atoms with van der Waals surface area (Å²) in [6, 6.07) is 12.1. The number of nitrogens with zero attached hydrogens (tertiary/aromatic N) is 1. The van der Waals surface area contributed by atoms with Crippen molar-refractivity contribution in [2.24, 2.45) is 4.99 Å². The van der Waals surface area contributed by atoms with Crippen molar-refractivity contribution < 1.29 is 4.74 Å². The van der Waals surface area contributed by atoms with Gasteiger partial charge in [-0.3, -0.25) is 4.99 Å². The van der Waals surface area contributed by atoms with Crippen LogP contribution in [0.1, 0.15) is 23.6 Å². The SMILES string of the molecule is CCOc1ccc(Br)cc1C=Nc1cccc(C)c1C. The Labute approximate surface area is 128 Å². The number of aryl methyl sites for hydroxylation is 1. The Bertz CT molecular complexity index is 635. The van der Waals surface area contributed by atoms with E-state index in [1.165, 1.54) is 11.1 Å². The first kappa shape index (κ1) is 14.8. The molecule has 0 unspecified atom stereocenters. The molecule has 2 rings (SSSR count). The lowest BCUT2D eigenvalue weighted by Crippen LogP contribution is -1.96. The molecule has 0 radical (unpaired) electrons. The molecular formula is C17H18BrNO. The van der Waals surface area contributed by atoms with Gasteiger partial charge in [0.2, 0.25) is 0 Å². The summed E-state index contributed by atoms with van der Waals surface area (Å²) in [5.41, 5.74) is 4.42. The van der Waals surface area contributed by atoms with E-state index < -0.39 is 0 Å². The molecule has 0 saturated carbocycles. The van der Waals surface area contributed by atoms with Crippen LogP contribution in [0.2, 0.25) is 0 Å². The zero-order chi connectivity index (χ0) is 14.5. The molecule has 0 spiro atoms. The largest absolute Gasteiger partial charge is 0.493 e. The number of ether oxygens (including phenoxy) is 1. The predicted octanol–water partition coefficient (Wildman–Crippen LogP) is 5.22. The van der Waals surface area contributed by atoms with Gasteiger partial charge in [-0.2, -0.15) is 0 Å². The van der Waals surface area contributed by atoms with E-state index in [1.54, 1.807) is 0 Å². The topological polar surface area (TPSA) is 21.6 Å². The Hall–Kier alpha value is -1.61. The lowest BCUT2D eigenvalue weighted by Gasteiger charge is -2.08. The monoisotopic (exact) mass is 331 g/mol. The Morgan fingerprint density at radius 1 is 1.20 bits per heavy atom. The number of benzene rings is 2. The smallest absolute Gasteiger partial charge is 0.128 e. The van der Waals surface area contributed by atoms with Gasteiger partial charge in [-0.25, -0.2) is 0 Å². The Morgan fingerprint density at radius 3 is 2.75 bits per heavy atom. The molecule has 3 heteroatoms. The molecule has 0 amide bonds. The fourth-order valence-electron chi connectivity index (χ4n) is 1.92. The van der Waals surface area contributed by atoms with Crippen LogP contribution in [0.5, 0.6) is 5.75 Å². The summed E-state index contributed by atoms with van der Waals surface area (Å²) in [4.78, 5) is 4.60. The molecular weight excluding hydrogens is 314 g/mol. The molecule has 0 aliphatic rings. The van der Waals surface area contributed by atoms with Gasteiger partial charge in [-0.15, -0.1) is 0 Å². The third kappa shape index (κ3) is 3.48. The summed E-state index contributed by atoms with van der Waals surface area (Å²) in [7, 11) is 0. The third-order valence-corrected chi connectivity index (χ3v) is 3.68. The minimum Gasteiger partial charge on any atom is -0.493 e. The molecule has 0 N–H and O–H groups in total. The molecule has 0 aliphatic carbocycles. The highest BCUT2D eigenvalue weighted by Gasteiger charge is 2.03. The van der Waals surface area contributed by atoms with Crippen molar-refractivity contribution in [1.29, 1.82) is 0 Å². The van der Waals surface area contributed by atoms with Crippen LogP contribution in [0.15, 0.2) is 45.9 Å². The maximum atomic E-state index is 5.62. The minimum atomic E-state index is 0.645. The Morgan fingerprint density at radius 2 is 2.00 bits per heavy atom. The van der Waals surface area contributed by atoms with E-state index in [1.807, 2.05) is 43.5 Å². The van der Waals surface area contributed by atoms with Crippen molar-refractivity contribution in [2.75, 3.05) is 6.61 Å². The van der Waals surface area contributed by atoms with Gasteiger partial charge in [0.25, 0.3) is 0 Å². The van der Waals surface area contributed by atoms with E-state index in [-0.39, 0.29) is 0 Å². The van der Waals surface area contributed by atoms with Crippen LogP contribution >= 0.6 is 15.9 Å². The summed E-state index contributed by atoms with van der Waals surface area (Å²) in [5, 5.41) is 0. The van der Waals surface area contributed by atoms with Gasteiger partial charge in [0.05, 0.1) is 12.3 Å². The van der Waals surface area contributed by atoms with Crippen LogP contribution in [0, 0.1) is 13.8 Å². The second-order valence-electron chi connectivity index (χ2n) is 4.59. The lowest BCUT2D eigenvalue weighted by molar-refractivity contribution is 0.339. The summed E-state index contributed by atoms with van der Waals surface area (Å²) in [5.74, 6) is 0.852. The first-order valence-electron chi connectivity index (χ1n) is 6.64. The van der Waals surface area contributed by atoms with Gasteiger partial charge in [-0.05, 0) is 56.2 Å². The van der Waals surface area contributed by atoms with Crippen LogP contribution in [-0.2, 0) is 0 Å². The van der Waals surface area contributed by atoms with Crippen LogP contribution in [0.4, 0.5) is 5.69 Å². The summed E-state index contributed by atoms with van der Waals surface area (Å²) in [6.45, 7) is 6.81. The first-order chi connectivity index (χ1) is 9.61. The maximum Gasteiger partial charge on any atom is 0.128 e. The van der Waals surface area contributed by atoms with E-state index in [9.17, 15) is 0 Å². The van der Waals surface area contributed by atoms with Gasteiger partial charge in [0.15, 0.2) is 0 Å². The Kier molecular flexibility index (Phi) is 4.96. The minimum absolute atomic E-state index is 0.645. The van der Waals surface area contributed by atoms with Crippen LogP contribution in [-0.4, -0.2) is 12.8 Å². The van der Waals surface area contributed by atoms with E-state index in [2.05, 4.69) is 40.8 Å². The van der Waals surface area contributed by atoms with Gasteiger partial charge >= 0.3 is 0 Å². The number of hydrogen-bond donors (Lipinski definition) is 0. The fourth-order valence-corrected chi connectivity index (χ4v) is 2.30. The van der Waals surface area contributed by atoms with Crippen molar-refractivity contribution in [1.82, 2.24) is 0 Å². The quantitative estimate of drug-likeness (QED) is 0.704. The molecule has 0 bridgehead atoms. The van der Waals surface area contributed by atoms with Crippen molar-refractivity contribution in [2.45, 2.75) is 20.8 Å². The fraction of sp³-hybridized carbons (Fsp3) is 0.235. The molecule has 2 aromatic rings. The predicted molar refractivity (Wildman–Crippen MR) is 88.5 cm³/mol. The average Bonchev–Trinajstić information content (AvgIpc) is 2.43. The Balaban J connectivity index is 2.35. The first-order valence-corrected chi connectivity index (χ1v) is 7.43. The average molecular weight is 332 g/mol. The summed E-state index contributed by atoms with van der Waals surface area (Å²) >= 11 is 3.48. The lowest BCUT2D eigenvalue weighted by atomic mass is 10.1. The molecule has 0 saturated heterocycles. The molecule has 20 heavy (non-hydrogen) atoms. The van der Waals surface area contributed by atoms with Crippen molar-refractivity contribution in [3.8, 4) is 5.75 Å². The number of rotatable bonds is 4. The molecule has 0 atom stereocenters. The molecule has 2 aromatic carbocycles. The highest BCUT2D eigenvalue weighted by atomic mass is 79.9. The van der Waals surface area contributed by atoms with Gasteiger partial charge < -0.3 is 4.74 Å². The van der Waals surface area contributed by atoms with Crippen molar-refractivity contribution >= 4 is 27.8 Å². The maximum absolute atomic E-state index is 5.62. The van der Waals surface area contributed by atoms with Gasteiger partial charge in [0.1, 0.15) is 5.75 Å². The van der Waals surface area contributed by atoms with Crippen LogP contribution < -0.4 is 4.74 Å². The molecule has 104 valence electrons. The second-order valence-corrected chi connectivity index (χ2v) is 5.51. The highest BCUT2D eigenvalue weighted by molar-refractivity contribution is 9.10. The normalized spacial score (nSPS) is 11.0. The molecule has 0 aromatic heterocycles. The van der Waals surface area contributed by atoms with Gasteiger partial charge in [0, 0.05) is 16.3 Å². The zero-order valence-electron chi connectivity index (χ0n) is 12.0.